The van der Waals surface area contributed by atoms with Crippen LogP contribution < -0.4 is 15.9 Å². The molecule has 2 amide bonds. The third-order valence-corrected chi connectivity index (χ3v) is 7.19. The van der Waals surface area contributed by atoms with Crippen LogP contribution in [0.25, 0.3) is 0 Å². The number of carbonyl (C=O) groups excluding carboxylic acids is 2. The molecule has 12 heteroatoms. The van der Waals surface area contributed by atoms with Gasteiger partial charge in [-0.25, -0.2) is 5.53 Å². The van der Waals surface area contributed by atoms with Crippen LogP contribution in [0, 0.1) is 16.9 Å². The molecule has 3 rings (SSSR count). The minimum absolute atomic E-state index is 0.0225. The van der Waals surface area contributed by atoms with E-state index in [0.29, 0.717) is 17.0 Å². The van der Waals surface area contributed by atoms with Gasteiger partial charge in [0.05, 0.1) is 6.42 Å². The van der Waals surface area contributed by atoms with E-state index in [2.05, 4.69) is 41.0 Å². The molecule has 0 saturated heterocycles. The van der Waals surface area contributed by atoms with Gasteiger partial charge in [-0.2, -0.15) is 0 Å². The number of hydrogen-bond acceptors (Lipinski definition) is 6. The quantitative estimate of drug-likeness (QED) is 0.131. The summed E-state index contributed by atoms with van der Waals surface area (Å²) in [4.78, 5) is 27.7. The lowest BCUT2D eigenvalue weighted by molar-refractivity contribution is -0.274. The Morgan fingerprint density at radius 3 is 2.25 bits per heavy atom. The van der Waals surface area contributed by atoms with Gasteiger partial charge in [0.2, 0.25) is 5.91 Å². The molecule has 40 heavy (non-hydrogen) atoms. The van der Waals surface area contributed by atoms with Gasteiger partial charge in [0.25, 0.3) is 11.9 Å². The van der Waals surface area contributed by atoms with Crippen LogP contribution in [0.3, 0.4) is 0 Å². The summed E-state index contributed by atoms with van der Waals surface area (Å²) >= 11 is 0. The highest BCUT2D eigenvalue weighted by Crippen LogP contribution is 2.39. The smallest absolute Gasteiger partial charge is 0.406 e. The first kappa shape index (κ1) is 30.6. The summed E-state index contributed by atoms with van der Waals surface area (Å²) in [6.07, 6.45) is -1.31. The lowest BCUT2D eigenvalue weighted by Gasteiger charge is -2.41. The molecule has 0 bridgehead atoms. The van der Waals surface area contributed by atoms with E-state index in [-0.39, 0.29) is 42.0 Å². The van der Waals surface area contributed by atoms with Crippen molar-refractivity contribution in [1.29, 1.82) is 5.53 Å². The molecule has 0 spiro atoms. The van der Waals surface area contributed by atoms with Crippen LogP contribution in [0.15, 0.2) is 58.7 Å². The number of nitrogens with two attached hydrogens (primary N) is 1. The van der Waals surface area contributed by atoms with Crippen molar-refractivity contribution >= 4 is 17.8 Å². The molecule has 0 unspecified atom stereocenters. The number of guanidine groups is 1. The van der Waals surface area contributed by atoms with Gasteiger partial charge in [-0.3, -0.25) is 14.9 Å². The lowest BCUT2D eigenvalue weighted by Crippen LogP contribution is -2.43. The maximum atomic E-state index is 13.6. The van der Waals surface area contributed by atoms with Crippen molar-refractivity contribution in [3.63, 3.8) is 0 Å². The lowest BCUT2D eigenvalue weighted by atomic mass is 9.71. The minimum atomic E-state index is -4.82. The van der Waals surface area contributed by atoms with Gasteiger partial charge in [-0.1, -0.05) is 45.0 Å². The normalized spacial score (nSPS) is 18.1. The van der Waals surface area contributed by atoms with Gasteiger partial charge in [-0.05, 0) is 72.4 Å². The highest BCUT2D eigenvalue weighted by Gasteiger charge is 2.34. The Morgan fingerprint density at radius 1 is 1.05 bits per heavy atom. The van der Waals surface area contributed by atoms with E-state index in [9.17, 15) is 22.8 Å². The second kappa shape index (κ2) is 12.9. The fraction of sp³-hybridized carbons (Fsp3) is 0.464. The molecule has 0 radical (unpaired) electrons. The van der Waals surface area contributed by atoms with Crippen molar-refractivity contribution in [3.05, 3.63) is 65.2 Å². The molecule has 9 nitrogen and oxygen atoms in total. The standard InChI is InChI=1S/C28H35F3N6O3/c1-27(2,3)21-11-13-22(14-12-21)37(24(38)16-19-5-4-6-23(15-19)40-28(29,30)31)17-18-7-9-20(10-8-18)25(39)34-26(35-32)36-33/h4-10,15,21-22,32H,11-14,16-17,33H2,1-3H3,(H,34,36,39). The molecule has 1 fully saturated rings. The average Bonchev–Trinajstić information content (AvgIpc) is 2.89. The van der Waals surface area contributed by atoms with E-state index in [1.54, 1.807) is 35.2 Å². The number of amides is 2. The minimum Gasteiger partial charge on any atom is -0.406 e. The first-order chi connectivity index (χ1) is 18.8. The maximum absolute atomic E-state index is 13.6. The van der Waals surface area contributed by atoms with Crippen molar-refractivity contribution in [2.75, 3.05) is 0 Å². The van der Waals surface area contributed by atoms with Crippen molar-refractivity contribution in [1.82, 2.24) is 10.2 Å². The Kier molecular flexibility index (Phi) is 9.88. The van der Waals surface area contributed by atoms with Crippen LogP contribution in [-0.4, -0.2) is 35.1 Å². The number of nitrogens with zero attached hydrogens (tertiary/aromatic N) is 3. The number of ether oxygens (including phenoxy) is 1. The van der Waals surface area contributed by atoms with Gasteiger partial charge in [0.1, 0.15) is 5.75 Å². The van der Waals surface area contributed by atoms with Crippen LogP contribution in [0.1, 0.15) is 67.9 Å². The SMILES string of the molecule is CC(C)(C)C1CCC(N(Cc2ccc(C(=O)N/C(N=N)=N/N)cc2)C(=O)Cc2cccc(OC(F)(F)F)c2)CC1. The zero-order valence-corrected chi connectivity index (χ0v) is 22.8. The molecule has 216 valence electrons. The number of hydrazone groups is 1. The summed E-state index contributed by atoms with van der Waals surface area (Å²) in [5.74, 6) is 4.16. The fourth-order valence-electron chi connectivity index (χ4n) is 5.02. The summed E-state index contributed by atoms with van der Waals surface area (Å²) in [5.41, 5.74) is 8.61. The zero-order chi connectivity index (χ0) is 29.5. The second-order valence-corrected chi connectivity index (χ2v) is 11.0. The van der Waals surface area contributed by atoms with Crippen molar-refractivity contribution in [3.8, 4) is 5.75 Å². The van der Waals surface area contributed by atoms with E-state index >= 15 is 0 Å². The van der Waals surface area contributed by atoms with E-state index in [0.717, 1.165) is 31.2 Å². The predicted molar refractivity (Wildman–Crippen MR) is 143 cm³/mol. The van der Waals surface area contributed by atoms with Gasteiger partial charge in [0.15, 0.2) is 0 Å². The van der Waals surface area contributed by atoms with Crippen molar-refractivity contribution in [2.45, 2.75) is 71.8 Å². The third kappa shape index (κ3) is 8.78. The van der Waals surface area contributed by atoms with E-state index in [1.165, 1.54) is 18.2 Å². The topological polar surface area (TPSA) is 133 Å². The second-order valence-electron chi connectivity index (χ2n) is 11.0. The summed E-state index contributed by atoms with van der Waals surface area (Å²) in [5, 5.41) is 8.53. The molecular weight excluding hydrogens is 525 g/mol. The fourth-order valence-corrected chi connectivity index (χ4v) is 5.02. The Morgan fingerprint density at radius 2 is 1.70 bits per heavy atom. The monoisotopic (exact) mass is 560 g/mol. The van der Waals surface area contributed by atoms with Crippen LogP contribution in [0.2, 0.25) is 0 Å². The van der Waals surface area contributed by atoms with E-state index < -0.39 is 12.3 Å². The zero-order valence-electron chi connectivity index (χ0n) is 22.8. The summed E-state index contributed by atoms with van der Waals surface area (Å²) in [6.45, 7) is 6.93. The highest BCUT2D eigenvalue weighted by atomic mass is 19.4. The highest BCUT2D eigenvalue weighted by molar-refractivity contribution is 6.05. The first-order valence-electron chi connectivity index (χ1n) is 13.0. The summed E-state index contributed by atoms with van der Waals surface area (Å²) in [7, 11) is 0. The Hall–Kier alpha value is -3.96. The molecule has 0 heterocycles. The number of halogens is 3. The largest absolute Gasteiger partial charge is 0.573 e. The molecule has 4 N–H and O–H groups in total. The van der Waals surface area contributed by atoms with E-state index in [1.807, 2.05) is 0 Å². The number of rotatable bonds is 7. The Bertz CT molecular complexity index is 1220. The summed E-state index contributed by atoms with van der Waals surface area (Å²) in [6, 6.07) is 12.1. The molecule has 1 saturated carbocycles. The molecule has 0 atom stereocenters. The number of benzene rings is 2. The molecule has 0 aliphatic heterocycles. The number of carbonyl (C=O) groups is 2. The van der Waals surface area contributed by atoms with Gasteiger partial charge < -0.3 is 15.5 Å². The van der Waals surface area contributed by atoms with Crippen molar-refractivity contribution < 1.29 is 27.5 Å². The van der Waals surface area contributed by atoms with Crippen LogP contribution in [0.5, 0.6) is 5.75 Å². The van der Waals surface area contributed by atoms with E-state index in [4.69, 9.17) is 11.4 Å². The van der Waals surface area contributed by atoms with Crippen LogP contribution in [0.4, 0.5) is 13.2 Å². The third-order valence-electron chi connectivity index (χ3n) is 7.19. The van der Waals surface area contributed by atoms with Gasteiger partial charge in [-0.15, -0.1) is 23.4 Å². The molecule has 2 aromatic rings. The Balaban J connectivity index is 1.79. The number of hydrogen-bond donors (Lipinski definition) is 3. The molecule has 2 aromatic carbocycles. The van der Waals surface area contributed by atoms with Crippen molar-refractivity contribution in [2.24, 2.45) is 27.4 Å². The van der Waals surface area contributed by atoms with Gasteiger partial charge >= 0.3 is 6.36 Å². The molecular formula is C28H35F3N6O3. The Labute approximate surface area is 231 Å². The number of nitrogens with one attached hydrogen (secondary N) is 2. The molecule has 1 aliphatic rings. The number of alkyl halides is 3. The molecule has 0 aromatic heterocycles. The molecule has 1 aliphatic carbocycles. The maximum Gasteiger partial charge on any atom is 0.573 e. The summed E-state index contributed by atoms with van der Waals surface area (Å²) < 4.78 is 42.1. The average molecular weight is 561 g/mol. The van der Waals surface area contributed by atoms with Crippen LogP contribution in [-0.2, 0) is 17.8 Å². The van der Waals surface area contributed by atoms with Crippen LogP contribution >= 0.6 is 0 Å². The first-order valence-corrected chi connectivity index (χ1v) is 13.0. The predicted octanol–water partition coefficient (Wildman–Crippen LogP) is 5.75. The van der Waals surface area contributed by atoms with Gasteiger partial charge in [0, 0.05) is 18.2 Å².